The molecule has 2 unspecified atom stereocenters. The standard InChI is InChI=1S/C12H19F6NO/c1-9(2)5-6(10(3,4)20-9)7(19)8(11(13,14)15)12(16,17)18/h6-8H,5,19H2,1-4H3. The highest BCUT2D eigenvalue weighted by Gasteiger charge is 2.63. The molecule has 0 aromatic heterocycles. The zero-order valence-corrected chi connectivity index (χ0v) is 11.7. The van der Waals surface area contributed by atoms with Crippen molar-refractivity contribution in [3.05, 3.63) is 0 Å². The predicted octanol–water partition coefficient (Wildman–Crippen LogP) is 3.65. The Morgan fingerprint density at radius 1 is 1.00 bits per heavy atom. The van der Waals surface area contributed by atoms with Crippen molar-refractivity contribution in [2.75, 3.05) is 0 Å². The monoisotopic (exact) mass is 307 g/mol. The van der Waals surface area contributed by atoms with Crippen LogP contribution in [-0.2, 0) is 4.74 Å². The van der Waals surface area contributed by atoms with Gasteiger partial charge in [0.15, 0.2) is 5.92 Å². The van der Waals surface area contributed by atoms with Crippen LogP contribution in [0.3, 0.4) is 0 Å². The number of hydrogen-bond acceptors (Lipinski definition) is 2. The van der Waals surface area contributed by atoms with Crippen LogP contribution in [0, 0.1) is 11.8 Å². The highest BCUT2D eigenvalue weighted by Crippen LogP contribution is 2.49. The molecule has 1 heterocycles. The first kappa shape index (κ1) is 17.6. The Morgan fingerprint density at radius 2 is 1.40 bits per heavy atom. The molecule has 2 atom stereocenters. The van der Waals surface area contributed by atoms with Crippen molar-refractivity contribution in [2.24, 2.45) is 17.6 Å². The van der Waals surface area contributed by atoms with Crippen LogP contribution in [-0.4, -0.2) is 29.6 Å². The zero-order chi connectivity index (χ0) is 16.1. The van der Waals surface area contributed by atoms with Gasteiger partial charge in [-0.05, 0) is 34.1 Å². The molecule has 1 saturated heterocycles. The Bertz CT molecular complexity index is 346. The van der Waals surface area contributed by atoms with Crippen LogP contribution in [0.25, 0.3) is 0 Å². The molecule has 20 heavy (non-hydrogen) atoms. The van der Waals surface area contributed by atoms with Crippen LogP contribution in [0.2, 0.25) is 0 Å². The number of alkyl halides is 6. The van der Waals surface area contributed by atoms with Crippen LogP contribution in [0.4, 0.5) is 26.3 Å². The highest BCUT2D eigenvalue weighted by atomic mass is 19.4. The largest absolute Gasteiger partial charge is 0.402 e. The van der Waals surface area contributed by atoms with Gasteiger partial charge in [-0.3, -0.25) is 0 Å². The van der Waals surface area contributed by atoms with E-state index in [-0.39, 0.29) is 6.42 Å². The number of hydrogen-bond donors (Lipinski definition) is 1. The summed E-state index contributed by atoms with van der Waals surface area (Å²) < 4.78 is 81.9. The van der Waals surface area contributed by atoms with Crippen LogP contribution in [0.5, 0.6) is 0 Å². The lowest BCUT2D eigenvalue weighted by Crippen LogP contribution is -2.55. The molecule has 0 aromatic rings. The summed E-state index contributed by atoms with van der Waals surface area (Å²) in [6.45, 7) is 6.18. The predicted molar refractivity (Wildman–Crippen MR) is 60.9 cm³/mol. The minimum absolute atomic E-state index is 0.0455. The average molecular weight is 307 g/mol. The Balaban J connectivity index is 3.11. The van der Waals surface area contributed by atoms with Gasteiger partial charge in [-0.1, -0.05) is 0 Å². The van der Waals surface area contributed by atoms with Gasteiger partial charge in [-0.2, -0.15) is 26.3 Å². The van der Waals surface area contributed by atoms with Gasteiger partial charge < -0.3 is 10.5 Å². The van der Waals surface area contributed by atoms with Crippen LogP contribution >= 0.6 is 0 Å². The van der Waals surface area contributed by atoms with E-state index in [4.69, 9.17) is 10.5 Å². The molecule has 1 rings (SSSR count). The molecule has 2 nitrogen and oxygen atoms in total. The van der Waals surface area contributed by atoms with Gasteiger partial charge >= 0.3 is 12.4 Å². The second-order valence-electron chi connectivity index (χ2n) is 6.41. The first-order chi connectivity index (χ1) is 8.58. The molecule has 0 saturated carbocycles. The van der Waals surface area contributed by atoms with Gasteiger partial charge in [0.25, 0.3) is 0 Å². The van der Waals surface area contributed by atoms with Crippen LogP contribution in [0.1, 0.15) is 34.1 Å². The molecule has 0 spiro atoms. The van der Waals surface area contributed by atoms with E-state index < -0.39 is 41.4 Å². The smallest absolute Gasteiger partial charge is 0.369 e. The first-order valence-corrected chi connectivity index (χ1v) is 6.17. The van der Waals surface area contributed by atoms with Crippen molar-refractivity contribution in [3.63, 3.8) is 0 Å². The molecule has 2 N–H and O–H groups in total. The van der Waals surface area contributed by atoms with E-state index in [0.29, 0.717) is 0 Å². The van der Waals surface area contributed by atoms with Crippen molar-refractivity contribution < 1.29 is 31.1 Å². The molecule has 0 bridgehead atoms. The lowest BCUT2D eigenvalue weighted by Gasteiger charge is -2.36. The molecule has 1 aliphatic heterocycles. The number of ether oxygens (including phenoxy) is 1. The quantitative estimate of drug-likeness (QED) is 0.790. The molecule has 8 heteroatoms. The van der Waals surface area contributed by atoms with E-state index >= 15 is 0 Å². The van der Waals surface area contributed by atoms with Gasteiger partial charge in [0, 0.05) is 12.0 Å². The van der Waals surface area contributed by atoms with E-state index in [1.807, 2.05) is 0 Å². The molecule has 0 radical (unpaired) electrons. The topological polar surface area (TPSA) is 35.2 Å². The van der Waals surface area contributed by atoms with E-state index in [0.717, 1.165) is 0 Å². The van der Waals surface area contributed by atoms with Crippen LogP contribution < -0.4 is 5.73 Å². The van der Waals surface area contributed by atoms with Crippen LogP contribution in [0.15, 0.2) is 0 Å². The maximum absolute atomic E-state index is 12.7. The summed E-state index contributed by atoms with van der Waals surface area (Å²) in [4.78, 5) is 0. The van der Waals surface area contributed by atoms with Gasteiger partial charge in [0.05, 0.1) is 11.2 Å². The second kappa shape index (κ2) is 4.76. The van der Waals surface area contributed by atoms with E-state index in [1.54, 1.807) is 13.8 Å². The molecule has 0 aliphatic carbocycles. The summed E-state index contributed by atoms with van der Waals surface area (Å²) in [6.07, 6.45) is -10.8. The Labute approximate surface area is 113 Å². The third-order valence-electron chi connectivity index (χ3n) is 3.70. The SMILES string of the molecule is CC1(C)CC(C(N)C(C(F)(F)F)C(F)(F)F)C(C)(C)O1. The fraction of sp³-hybridized carbons (Fsp3) is 1.00. The first-order valence-electron chi connectivity index (χ1n) is 6.17. The van der Waals surface area contributed by atoms with Gasteiger partial charge in [0.2, 0.25) is 0 Å². The lowest BCUT2D eigenvalue weighted by molar-refractivity contribution is -0.294. The maximum atomic E-state index is 12.7. The van der Waals surface area contributed by atoms with Gasteiger partial charge in [0.1, 0.15) is 0 Å². The van der Waals surface area contributed by atoms with E-state index in [1.165, 1.54) is 13.8 Å². The third-order valence-corrected chi connectivity index (χ3v) is 3.70. The molecule has 0 amide bonds. The molecule has 0 aromatic carbocycles. The summed E-state index contributed by atoms with van der Waals surface area (Å²) in [6, 6.07) is -2.09. The Morgan fingerprint density at radius 3 is 1.65 bits per heavy atom. The fourth-order valence-electron chi connectivity index (χ4n) is 3.06. The summed E-state index contributed by atoms with van der Waals surface area (Å²) in [5.41, 5.74) is 3.43. The van der Waals surface area contributed by atoms with Gasteiger partial charge in [-0.25, -0.2) is 0 Å². The fourth-order valence-corrected chi connectivity index (χ4v) is 3.06. The van der Waals surface area contributed by atoms with E-state index in [9.17, 15) is 26.3 Å². The lowest BCUT2D eigenvalue weighted by atomic mass is 9.76. The third kappa shape index (κ3) is 3.58. The summed E-state index contributed by atoms with van der Waals surface area (Å²) in [5.74, 6) is -4.58. The van der Waals surface area contributed by atoms with Crippen molar-refractivity contribution in [3.8, 4) is 0 Å². The number of halogens is 6. The summed E-state index contributed by atoms with van der Waals surface area (Å²) in [7, 11) is 0. The maximum Gasteiger partial charge on any atom is 0.402 e. The van der Waals surface area contributed by atoms with Gasteiger partial charge in [-0.15, -0.1) is 0 Å². The van der Waals surface area contributed by atoms with E-state index in [2.05, 4.69) is 0 Å². The van der Waals surface area contributed by atoms with Crippen molar-refractivity contribution >= 4 is 0 Å². The summed E-state index contributed by atoms with van der Waals surface area (Å²) >= 11 is 0. The molecule has 1 aliphatic rings. The van der Waals surface area contributed by atoms with Crippen molar-refractivity contribution in [1.29, 1.82) is 0 Å². The molecule has 120 valence electrons. The summed E-state index contributed by atoms with van der Waals surface area (Å²) in [5, 5.41) is 0. The Kier molecular flexibility index (Phi) is 4.18. The molecular formula is C12H19F6NO. The zero-order valence-electron chi connectivity index (χ0n) is 11.7. The number of rotatable bonds is 2. The highest BCUT2D eigenvalue weighted by molar-refractivity contribution is 5.02. The van der Waals surface area contributed by atoms with Crippen molar-refractivity contribution in [2.45, 2.75) is 63.7 Å². The van der Waals surface area contributed by atoms with Crippen molar-refractivity contribution in [1.82, 2.24) is 0 Å². The normalized spacial score (nSPS) is 27.9. The molecular weight excluding hydrogens is 288 g/mol. The average Bonchev–Trinajstić information content (AvgIpc) is 2.28. The Hall–Kier alpha value is -0.500. The molecule has 1 fully saturated rings. The number of nitrogens with two attached hydrogens (primary N) is 1. The minimum Gasteiger partial charge on any atom is -0.369 e. The second-order valence-corrected chi connectivity index (χ2v) is 6.41. The minimum atomic E-state index is -5.43.